The van der Waals surface area contributed by atoms with E-state index in [1.165, 1.54) is 12.8 Å². The Morgan fingerprint density at radius 3 is 2.88 bits per heavy atom. The van der Waals surface area contributed by atoms with E-state index in [0.717, 1.165) is 37.8 Å². The summed E-state index contributed by atoms with van der Waals surface area (Å²) >= 11 is 0. The lowest BCUT2D eigenvalue weighted by molar-refractivity contribution is 0.107. The van der Waals surface area contributed by atoms with E-state index < -0.39 is 0 Å². The normalized spacial score (nSPS) is 19.2. The molecule has 0 bridgehead atoms. The van der Waals surface area contributed by atoms with Crippen LogP contribution in [-0.2, 0) is 4.74 Å². The zero-order valence-corrected chi connectivity index (χ0v) is 10.3. The number of anilines is 2. The van der Waals surface area contributed by atoms with Gasteiger partial charge in [0, 0.05) is 19.7 Å². The van der Waals surface area contributed by atoms with E-state index in [9.17, 15) is 0 Å². The number of aromatic nitrogens is 2. The van der Waals surface area contributed by atoms with Crippen LogP contribution in [0.25, 0.3) is 0 Å². The van der Waals surface area contributed by atoms with Crippen molar-refractivity contribution in [2.75, 3.05) is 30.3 Å². The van der Waals surface area contributed by atoms with Gasteiger partial charge in [-0.15, -0.1) is 0 Å². The second-order valence-electron chi connectivity index (χ2n) is 4.17. The number of rotatable bonds is 6. The first-order valence-electron chi connectivity index (χ1n) is 6.30. The summed E-state index contributed by atoms with van der Waals surface area (Å²) in [6.07, 6.45) is 7.32. The number of hydrogen-bond donors (Lipinski definition) is 2. The van der Waals surface area contributed by atoms with Crippen molar-refractivity contribution in [1.29, 1.82) is 0 Å². The molecule has 0 aromatic carbocycles. The van der Waals surface area contributed by atoms with Gasteiger partial charge in [0.2, 0.25) is 0 Å². The summed E-state index contributed by atoms with van der Waals surface area (Å²) in [5.74, 6) is 1.64. The predicted octanol–water partition coefficient (Wildman–Crippen LogP) is 1.89. The standard InChI is InChI=1S/C12H20N4O/c1-2-14-11-8-13-9-12(16-11)15-6-5-10-4-3-7-17-10/h8-10H,2-7H2,1H3,(H2,14,15,16). The van der Waals surface area contributed by atoms with Crippen LogP contribution in [0.3, 0.4) is 0 Å². The molecular formula is C12H20N4O. The van der Waals surface area contributed by atoms with Crippen LogP contribution in [0.2, 0.25) is 0 Å². The maximum atomic E-state index is 5.56. The maximum Gasteiger partial charge on any atom is 0.146 e. The molecule has 0 spiro atoms. The second-order valence-corrected chi connectivity index (χ2v) is 4.17. The quantitative estimate of drug-likeness (QED) is 0.790. The first-order chi connectivity index (χ1) is 8.38. The van der Waals surface area contributed by atoms with Crippen molar-refractivity contribution in [3.8, 4) is 0 Å². The van der Waals surface area contributed by atoms with Gasteiger partial charge in [0.15, 0.2) is 0 Å². The van der Waals surface area contributed by atoms with E-state index in [4.69, 9.17) is 4.74 Å². The molecule has 2 heterocycles. The summed E-state index contributed by atoms with van der Waals surface area (Å²) in [5.41, 5.74) is 0. The molecule has 1 saturated heterocycles. The lowest BCUT2D eigenvalue weighted by Gasteiger charge is -2.10. The van der Waals surface area contributed by atoms with Crippen LogP contribution in [0.1, 0.15) is 26.2 Å². The van der Waals surface area contributed by atoms with Crippen molar-refractivity contribution in [3.05, 3.63) is 12.4 Å². The van der Waals surface area contributed by atoms with Crippen molar-refractivity contribution in [2.24, 2.45) is 0 Å². The summed E-state index contributed by atoms with van der Waals surface area (Å²) in [5, 5.41) is 6.42. The second kappa shape index (κ2) is 6.39. The molecule has 2 N–H and O–H groups in total. The van der Waals surface area contributed by atoms with E-state index in [-0.39, 0.29) is 0 Å². The summed E-state index contributed by atoms with van der Waals surface area (Å²) < 4.78 is 5.56. The molecule has 1 aromatic rings. The fourth-order valence-corrected chi connectivity index (χ4v) is 1.95. The largest absolute Gasteiger partial charge is 0.378 e. The summed E-state index contributed by atoms with van der Waals surface area (Å²) in [7, 11) is 0. The van der Waals surface area contributed by atoms with E-state index >= 15 is 0 Å². The fourth-order valence-electron chi connectivity index (χ4n) is 1.95. The Kier molecular flexibility index (Phi) is 4.55. The molecule has 1 fully saturated rings. The van der Waals surface area contributed by atoms with Gasteiger partial charge in [-0.1, -0.05) is 0 Å². The molecule has 0 amide bonds. The molecular weight excluding hydrogens is 216 g/mol. The minimum atomic E-state index is 0.424. The smallest absolute Gasteiger partial charge is 0.146 e. The number of ether oxygens (including phenoxy) is 1. The summed E-state index contributed by atoms with van der Waals surface area (Å²) in [6.45, 7) is 4.70. The highest BCUT2D eigenvalue weighted by Gasteiger charge is 2.14. The first-order valence-corrected chi connectivity index (χ1v) is 6.30. The van der Waals surface area contributed by atoms with Gasteiger partial charge < -0.3 is 15.4 Å². The van der Waals surface area contributed by atoms with Crippen LogP contribution in [0.4, 0.5) is 11.6 Å². The molecule has 5 heteroatoms. The molecule has 2 rings (SSSR count). The highest BCUT2D eigenvalue weighted by atomic mass is 16.5. The lowest BCUT2D eigenvalue weighted by Crippen LogP contribution is -2.13. The minimum Gasteiger partial charge on any atom is -0.378 e. The van der Waals surface area contributed by atoms with Crippen LogP contribution in [0.5, 0.6) is 0 Å². The molecule has 1 aliphatic rings. The molecule has 94 valence electrons. The Balaban J connectivity index is 1.75. The molecule has 1 unspecified atom stereocenters. The van der Waals surface area contributed by atoms with Gasteiger partial charge in [-0.3, -0.25) is 4.98 Å². The Labute approximate surface area is 102 Å². The van der Waals surface area contributed by atoms with E-state index in [2.05, 4.69) is 20.6 Å². The van der Waals surface area contributed by atoms with Gasteiger partial charge in [-0.05, 0) is 26.2 Å². The van der Waals surface area contributed by atoms with Crippen LogP contribution in [-0.4, -0.2) is 35.8 Å². The third kappa shape index (κ3) is 3.85. The third-order valence-electron chi connectivity index (χ3n) is 2.79. The van der Waals surface area contributed by atoms with Crippen molar-refractivity contribution < 1.29 is 4.74 Å². The van der Waals surface area contributed by atoms with Crippen LogP contribution in [0.15, 0.2) is 12.4 Å². The zero-order chi connectivity index (χ0) is 11.9. The van der Waals surface area contributed by atoms with E-state index in [0.29, 0.717) is 6.10 Å². The van der Waals surface area contributed by atoms with Crippen molar-refractivity contribution in [1.82, 2.24) is 9.97 Å². The topological polar surface area (TPSA) is 59.1 Å². The Morgan fingerprint density at radius 1 is 1.35 bits per heavy atom. The third-order valence-corrected chi connectivity index (χ3v) is 2.79. The fraction of sp³-hybridized carbons (Fsp3) is 0.667. The van der Waals surface area contributed by atoms with Crippen molar-refractivity contribution >= 4 is 11.6 Å². The van der Waals surface area contributed by atoms with Crippen molar-refractivity contribution in [3.63, 3.8) is 0 Å². The first kappa shape index (κ1) is 12.1. The molecule has 0 radical (unpaired) electrons. The molecule has 1 aromatic heterocycles. The molecule has 1 atom stereocenters. The Hall–Kier alpha value is -1.36. The molecule has 0 aliphatic carbocycles. The van der Waals surface area contributed by atoms with Gasteiger partial charge in [0.25, 0.3) is 0 Å². The molecule has 5 nitrogen and oxygen atoms in total. The van der Waals surface area contributed by atoms with Crippen molar-refractivity contribution in [2.45, 2.75) is 32.3 Å². The monoisotopic (exact) mass is 236 g/mol. The average molecular weight is 236 g/mol. The minimum absolute atomic E-state index is 0.424. The van der Waals surface area contributed by atoms with Crippen LogP contribution < -0.4 is 10.6 Å². The average Bonchev–Trinajstić information content (AvgIpc) is 2.83. The number of nitrogens with one attached hydrogen (secondary N) is 2. The van der Waals surface area contributed by atoms with Crippen LogP contribution >= 0.6 is 0 Å². The van der Waals surface area contributed by atoms with E-state index in [1.54, 1.807) is 12.4 Å². The molecule has 1 aliphatic heterocycles. The molecule has 17 heavy (non-hydrogen) atoms. The predicted molar refractivity (Wildman–Crippen MR) is 68.3 cm³/mol. The van der Waals surface area contributed by atoms with Gasteiger partial charge in [-0.25, -0.2) is 4.98 Å². The lowest BCUT2D eigenvalue weighted by atomic mass is 10.2. The molecule has 0 saturated carbocycles. The number of hydrogen-bond acceptors (Lipinski definition) is 5. The van der Waals surface area contributed by atoms with Crippen LogP contribution in [0, 0.1) is 0 Å². The van der Waals surface area contributed by atoms with Gasteiger partial charge in [0.1, 0.15) is 11.6 Å². The zero-order valence-electron chi connectivity index (χ0n) is 10.3. The van der Waals surface area contributed by atoms with Gasteiger partial charge in [-0.2, -0.15) is 0 Å². The number of nitrogens with zero attached hydrogens (tertiary/aromatic N) is 2. The highest BCUT2D eigenvalue weighted by Crippen LogP contribution is 2.15. The Morgan fingerprint density at radius 2 is 2.18 bits per heavy atom. The SMILES string of the molecule is CCNc1cncc(NCCC2CCCO2)n1. The Bertz CT molecular complexity index is 339. The van der Waals surface area contributed by atoms with E-state index in [1.807, 2.05) is 6.92 Å². The van der Waals surface area contributed by atoms with Gasteiger partial charge >= 0.3 is 0 Å². The summed E-state index contributed by atoms with van der Waals surface area (Å²) in [6, 6.07) is 0. The maximum absolute atomic E-state index is 5.56. The highest BCUT2D eigenvalue weighted by molar-refractivity contribution is 5.41. The summed E-state index contributed by atoms with van der Waals surface area (Å²) in [4.78, 5) is 8.54. The van der Waals surface area contributed by atoms with Gasteiger partial charge in [0.05, 0.1) is 18.5 Å².